The van der Waals surface area contributed by atoms with E-state index in [1.54, 1.807) is 12.1 Å². The van der Waals surface area contributed by atoms with Gasteiger partial charge in [-0.25, -0.2) is 9.37 Å². The maximum Gasteiger partial charge on any atom is 0.154 e. The van der Waals surface area contributed by atoms with Crippen molar-refractivity contribution in [2.45, 2.75) is 6.92 Å². The summed E-state index contributed by atoms with van der Waals surface area (Å²) in [5, 5.41) is 0.287. The van der Waals surface area contributed by atoms with Crippen molar-refractivity contribution in [3.8, 4) is 0 Å². The smallest absolute Gasteiger partial charge is 0.154 e. The zero-order chi connectivity index (χ0) is 10.3. The van der Waals surface area contributed by atoms with Gasteiger partial charge in [0.15, 0.2) is 11.0 Å². The highest BCUT2D eigenvalue weighted by Gasteiger charge is 2.12. The van der Waals surface area contributed by atoms with Crippen molar-refractivity contribution in [2.24, 2.45) is 0 Å². The molecule has 0 fully saturated rings. The monoisotopic (exact) mass is 229 g/mol. The van der Waals surface area contributed by atoms with Crippen LogP contribution < -0.4 is 0 Å². The lowest BCUT2D eigenvalue weighted by Gasteiger charge is -2.04. The summed E-state index contributed by atoms with van der Waals surface area (Å²) in [5.74, 6) is -0.509. The van der Waals surface area contributed by atoms with E-state index in [9.17, 15) is 4.39 Å². The van der Waals surface area contributed by atoms with Gasteiger partial charge in [0.2, 0.25) is 0 Å². The Bertz CT molecular complexity index is 511. The predicted molar refractivity (Wildman–Crippen MR) is 56.5 cm³/mol. The normalized spacial score (nSPS) is 10.9. The third kappa shape index (κ3) is 1.35. The molecular weight excluding hydrogens is 224 g/mol. The van der Waals surface area contributed by atoms with Crippen molar-refractivity contribution in [1.82, 2.24) is 4.98 Å². The highest BCUT2D eigenvalue weighted by molar-refractivity contribution is 6.41. The Morgan fingerprint density at radius 3 is 2.71 bits per heavy atom. The first-order chi connectivity index (χ1) is 6.61. The molecule has 0 aliphatic heterocycles. The van der Waals surface area contributed by atoms with Crippen LogP contribution >= 0.6 is 23.2 Å². The Morgan fingerprint density at radius 1 is 1.29 bits per heavy atom. The van der Waals surface area contributed by atoms with Gasteiger partial charge in [0.25, 0.3) is 0 Å². The molecule has 1 heterocycles. The zero-order valence-electron chi connectivity index (χ0n) is 7.31. The second-order valence-electron chi connectivity index (χ2n) is 3.00. The van der Waals surface area contributed by atoms with Gasteiger partial charge >= 0.3 is 0 Å². The van der Waals surface area contributed by atoms with Crippen molar-refractivity contribution in [2.75, 3.05) is 0 Å². The summed E-state index contributed by atoms with van der Waals surface area (Å²) in [6, 6.07) is 5.23. The lowest BCUT2D eigenvalue weighted by atomic mass is 10.1. The Balaban J connectivity index is 2.98. The number of pyridine rings is 1. The lowest BCUT2D eigenvalue weighted by Crippen LogP contribution is -1.90. The zero-order valence-corrected chi connectivity index (χ0v) is 8.83. The number of aryl methyl sites for hydroxylation is 1. The molecule has 0 aliphatic carbocycles. The van der Waals surface area contributed by atoms with E-state index in [1.165, 1.54) is 0 Å². The number of hydrogen-bond acceptors (Lipinski definition) is 1. The number of fused-ring (bicyclic) bond motifs is 1. The van der Waals surface area contributed by atoms with Crippen molar-refractivity contribution < 1.29 is 4.39 Å². The first-order valence-corrected chi connectivity index (χ1v) is 4.76. The number of hydrogen-bond donors (Lipinski definition) is 0. The van der Waals surface area contributed by atoms with Crippen LogP contribution in [0.1, 0.15) is 5.56 Å². The first kappa shape index (κ1) is 9.69. The molecule has 0 spiro atoms. The molecule has 2 rings (SSSR count). The molecule has 1 nitrogen and oxygen atoms in total. The van der Waals surface area contributed by atoms with Gasteiger partial charge in [0, 0.05) is 5.39 Å². The molecule has 0 bridgehead atoms. The number of halogens is 3. The molecule has 0 unspecified atom stereocenters. The third-order valence-corrected chi connectivity index (χ3v) is 2.77. The van der Waals surface area contributed by atoms with Crippen LogP contribution in [0.3, 0.4) is 0 Å². The van der Waals surface area contributed by atoms with Crippen molar-refractivity contribution in [3.63, 3.8) is 0 Å². The standard InChI is InChI=1S/C10H6Cl2FN/c1-5-3-2-4-6-8(13)7(11)10(12)14-9(5)6/h2-4H,1H3. The van der Waals surface area contributed by atoms with E-state index in [4.69, 9.17) is 23.2 Å². The molecule has 1 aromatic heterocycles. The number of aromatic nitrogens is 1. The minimum Gasteiger partial charge on any atom is -0.234 e. The largest absolute Gasteiger partial charge is 0.234 e. The number of benzene rings is 1. The van der Waals surface area contributed by atoms with Crippen molar-refractivity contribution in [3.05, 3.63) is 39.8 Å². The van der Waals surface area contributed by atoms with E-state index in [0.29, 0.717) is 10.9 Å². The van der Waals surface area contributed by atoms with E-state index in [0.717, 1.165) is 5.56 Å². The van der Waals surface area contributed by atoms with Gasteiger partial charge in [0.1, 0.15) is 5.02 Å². The van der Waals surface area contributed by atoms with Crippen LogP contribution in [0, 0.1) is 12.7 Å². The molecule has 0 aliphatic rings. The molecule has 4 heteroatoms. The maximum absolute atomic E-state index is 13.6. The number of para-hydroxylation sites is 1. The highest BCUT2D eigenvalue weighted by Crippen LogP contribution is 2.30. The summed E-state index contributed by atoms with van der Waals surface area (Å²) in [7, 11) is 0. The molecule has 72 valence electrons. The lowest BCUT2D eigenvalue weighted by molar-refractivity contribution is 0.639. The van der Waals surface area contributed by atoms with Gasteiger partial charge in [0.05, 0.1) is 5.52 Å². The van der Waals surface area contributed by atoms with Crippen LogP contribution in [0.5, 0.6) is 0 Å². The van der Waals surface area contributed by atoms with E-state index in [-0.39, 0.29) is 10.2 Å². The molecule has 0 saturated heterocycles. The van der Waals surface area contributed by atoms with Crippen molar-refractivity contribution >= 4 is 34.1 Å². The van der Waals surface area contributed by atoms with E-state index >= 15 is 0 Å². The van der Waals surface area contributed by atoms with Gasteiger partial charge in [-0.15, -0.1) is 0 Å². The van der Waals surface area contributed by atoms with Gasteiger partial charge in [-0.3, -0.25) is 0 Å². The molecule has 14 heavy (non-hydrogen) atoms. The van der Waals surface area contributed by atoms with Crippen LogP contribution in [-0.2, 0) is 0 Å². The van der Waals surface area contributed by atoms with Gasteiger partial charge in [-0.05, 0) is 18.6 Å². The second kappa shape index (κ2) is 3.37. The summed E-state index contributed by atoms with van der Waals surface area (Å²) < 4.78 is 13.6. The summed E-state index contributed by atoms with van der Waals surface area (Å²) in [4.78, 5) is 4.03. The van der Waals surface area contributed by atoms with Gasteiger partial charge in [-0.1, -0.05) is 35.3 Å². The average Bonchev–Trinajstić information content (AvgIpc) is 2.17. The van der Waals surface area contributed by atoms with Crippen molar-refractivity contribution in [1.29, 1.82) is 0 Å². The topological polar surface area (TPSA) is 12.9 Å². The molecule has 1 aromatic carbocycles. The van der Waals surface area contributed by atoms with E-state index in [2.05, 4.69) is 4.98 Å². The fraction of sp³-hybridized carbons (Fsp3) is 0.100. The fourth-order valence-corrected chi connectivity index (χ4v) is 1.65. The SMILES string of the molecule is Cc1cccc2c(F)c(Cl)c(Cl)nc12. The quantitative estimate of drug-likeness (QED) is 0.623. The summed E-state index contributed by atoms with van der Waals surface area (Å²) in [6.07, 6.45) is 0. The molecular formula is C10H6Cl2FN. The summed E-state index contributed by atoms with van der Waals surface area (Å²) in [6.45, 7) is 1.85. The molecule has 0 N–H and O–H groups in total. The van der Waals surface area contributed by atoms with Crippen LogP contribution in [0.2, 0.25) is 10.2 Å². The fourth-order valence-electron chi connectivity index (χ4n) is 1.34. The van der Waals surface area contributed by atoms with E-state index in [1.807, 2.05) is 13.0 Å². The maximum atomic E-state index is 13.6. The average molecular weight is 230 g/mol. The minimum absolute atomic E-state index is 0.00552. The Kier molecular flexibility index (Phi) is 2.33. The number of nitrogens with zero attached hydrogens (tertiary/aromatic N) is 1. The van der Waals surface area contributed by atoms with Gasteiger partial charge < -0.3 is 0 Å². The molecule has 2 aromatic rings. The Labute approximate surface area is 90.5 Å². The van der Waals surface area contributed by atoms with Crippen LogP contribution in [0.4, 0.5) is 4.39 Å². The van der Waals surface area contributed by atoms with Crippen LogP contribution in [0.15, 0.2) is 18.2 Å². The Morgan fingerprint density at radius 2 is 2.00 bits per heavy atom. The predicted octanol–water partition coefficient (Wildman–Crippen LogP) is 3.99. The Hall–Kier alpha value is -0.860. The first-order valence-electron chi connectivity index (χ1n) is 4.01. The van der Waals surface area contributed by atoms with Crippen LogP contribution in [-0.4, -0.2) is 4.98 Å². The molecule has 0 saturated carbocycles. The number of rotatable bonds is 0. The highest BCUT2D eigenvalue weighted by atomic mass is 35.5. The van der Waals surface area contributed by atoms with Gasteiger partial charge in [-0.2, -0.15) is 0 Å². The molecule has 0 radical (unpaired) electrons. The van der Waals surface area contributed by atoms with Crippen LogP contribution in [0.25, 0.3) is 10.9 Å². The molecule has 0 amide bonds. The second-order valence-corrected chi connectivity index (χ2v) is 3.74. The molecule has 0 atom stereocenters. The summed E-state index contributed by atoms with van der Waals surface area (Å²) in [5.41, 5.74) is 1.43. The third-order valence-electron chi connectivity index (χ3n) is 2.06. The minimum atomic E-state index is -0.509. The summed E-state index contributed by atoms with van der Waals surface area (Å²) >= 11 is 11.3. The van der Waals surface area contributed by atoms with E-state index < -0.39 is 5.82 Å².